The van der Waals surface area contributed by atoms with Gasteiger partial charge in [0.15, 0.2) is 6.61 Å². The average Bonchev–Trinajstić information content (AvgIpc) is 3.13. The van der Waals surface area contributed by atoms with Crippen molar-refractivity contribution < 1.29 is 28.1 Å². The minimum atomic E-state index is -1.33. The molecule has 1 heterocycles. The smallest absolute Gasteiger partial charge is 0.341 e. The number of amides is 1. The number of fused-ring (bicyclic) bond motifs is 1. The quantitative estimate of drug-likeness (QED) is 0.578. The molecule has 1 aromatic carbocycles. The molecule has 1 N–H and O–H groups in total. The number of nitrogens with one attached hydrogen (secondary N) is 1. The molecule has 7 nitrogen and oxygen atoms in total. The van der Waals surface area contributed by atoms with Gasteiger partial charge in [0.05, 0.1) is 33.4 Å². The Morgan fingerprint density at radius 3 is 2.62 bits per heavy atom. The van der Waals surface area contributed by atoms with Crippen LogP contribution < -0.4 is 5.32 Å². The number of benzene rings is 1. The standard InChI is InChI=1S/C23H27NO6S2/c1-4-29-23(27)20-15-11-10-14(3)12-17(15)31-21(20)24-19(25)13-30-22(26)16-8-6-7-9-18(16)32(28)5-2/h6-9,14H,4-5,10-13H2,1-3H3,(H,24,25). The molecule has 1 aliphatic carbocycles. The molecule has 0 bridgehead atoms. The Balaban J connectivity index is 1.72. The second-order valence-corrected chi connectivity index (χ2v) is 10.3. The number of esters is 2. The minimum absolute atomic E-state index is 0.174. The monoisotopic (exact) mass is 477 g/mol. The first-order chi connectivity index (χ1) is 15.3. The highest BCUT2D eigenvalue weighted by atomic mass is 32.2. The van der Waals surface area contributed by atoms with Crippen LogP contribution in [0.3, 0.4) is 0 Å². The summed E-state index contributed by atoms with van der Waals surface area (Å²) in [7, 11) is -1.33. The number of carbonyl (C=O) groups excluding carboxylic acids is 3. The molecule has 2 aromatic rings. The molecule has 1 aliphatic rings. The van der Waals surface area contributed by atoms with E-state index in [1.54, 1.807) is 32.0 Å². The number of thiophene rings is 1. The van der Waals surface area contributed by atoms with Gasteiger partial charge in [-0.2, -0.15) is 0 Å². The van der Waals surface area contributed by atoms with Crippen LogP contribution in [0.1, 0.15) is 58.3 Å². The van der Waals surface area contributed by atoms with E-state index < -0.39 is 35.3 Å². The maximum absolute atomic E-state index is 12.6. The molecule has 1 amide bonds. The number of hydrogen-bond donors (Lipinski definition) is 1. The maximum atomic E-state index is 12.6. The van der Waals surface area contributed by atoms with E-state index in [9.17, 15) is 18.6 Å². The summed E-state index contributed by atoms with van der Waals surface area (Å²) in [6, 6.07) is 6.48. The van der Waals surface area contributed by atoms with Crippen LogP contribution >= 0.6 is 11.3 Å². The highest BCUT2D eigenvalue weighted by Gasteiger charge is 2.29. The number of hydrogen-bond acceptors (Lipinski definition) is 7. The highest BCUT2D eigenvalue weighted by molar-refractivity contribution is 7.85. The molecular weight excluding hydrogens is 450 g/mol. The van der Waals surface area contributed by atoms with Crippen LogP contribution in [-0.2, 0) is 37.9 Å². The van der Waals surface area contributed by atoms with Crippen molar-refractivity contribution >= 4 is 45.0 Å². The number of ether oxygens (including phenoxy) is 2. The van der Waals surface area contributed by atoms with Crippen LogP contribution in [0.2, 0.25) is 0 Å². The molecule has 3 rings (SSSR count). The summed E-state index contributed by atoms with van der Waals surface area (Å²) < 4.78 is 22.5. The Morgan fingerprint density at radius 2 is 1.91 bits per heavy atom. The molecule has 0 radical (unpaired) electrons. The molecule has 32 heavy (non-hydrogen) atoms. The molecule has 2 atom stereocenters. The number of anilines is 1. The van der Waals surface area contributed by atoms with Gasteiger partial charge >= 0.3 is 11.9 Å². The van der Waals surface area contributed by atoms with E-state index in [1.165, 1.54) is 17.4 Å². The van der Waals surface area contributed by atoms with Crippen LogP contribution in [0, 0.1) is 5.92 Å². The molecule has 9 heteroatoms. The van der Waals surface area contributed by atoms with Crippen molar-refractivity contribution in [1.82, 2.24) is 0 Å². The zero-order chi connectivity index (χ0) is 23.3. The van der Waals surface area contributed by atoms with E-state index in [-0.39, 0.29) is 12.2 Å². The Labute approximate surface area is 194 Å². The third-order valence-electron chi connectivity index (χ3n) is 5.19. The molecule has 0 spiro atoms. The van der Waals surface area contributed by atoms with Crippen molar-refractivity contribution in [2.75, 3.05) is 24.3 Å². The van der Waals surface area contributed by atoms with Crippen molar-refractivity contribution in [2.24, 2.45) is 5.92 Å². The third kappa shape index (κ3) is 5.45. The van der Waals surface area contributed by atoms with Crippen LogP contribution in [0.4, 0.5) is 5.00 Å². The largest absolute Gasteiger partial charge is 0.462 e. The zero-order valence-corrected chi connectivity index (χ0v) is 20.0. The molecule has 0 aliphatic heterocycles. The normalized spacial score (nSPS) is 16.0. The Morgan fingerprint density at radius 1 is 1.16 bits per heavy atom. The first-order valence-electron chi connectivity index (χ1n) is 10.6. The lowest BCUT2D eigenvalue weighted by Gasteiger charge is -2.18. The van der Waals surface area contributed by atoms with Gasteiger partial charge in [0, 0.05) is 10.6 Å². The summed E-state index contributed by atoms with van der Waals surface area (Å²) >= 11 is 1.37. The van der Waals surface area contributed by atoms with E-state index >= 15 is 0 Å². The fourth-order valence-corrected chi connectivity index (χ4v) is 5.97. The van der Waals surface area contributed by atoms with Crippen molar-refractivity contribution in [2.45, 2.75) is 44.9 Å². The molecule has 0 fully saturated rings. The predicted octanol–water partition coefficient (Wildman–Crippen LogP) is 3.97. The molecule has 2 unspecified atom stereocenters. The lowest BCUT2D eigenvalue weighted by atomic mass is 9.88. The third-order valence-corrected chi connectivity index (χ3v) is 7.73. The average molecular weight is 478 g/mol. The summed E-state index contributed by atoms with van der Waals surface area (Å²) in [6.45, 7) is 5.37. The molecule has 172 valence electrons. The van der Waals surface area contributed by atoms with Gasteiger partial charge in [0.1, 0.15) is 5.00 Å². The predicted molar refractivity (Wildman–Crippen MR) is 124 cm³/mol. The van der Waals surface area contributed by atoms with Crippen molar-refractivity contribution in [1.29, 1.82) is 0 Å². The minimum Gasteiger partial charge on any atom is -0.462 e. The fraction of sp³-hybridized carbons (Fsp3) is 0.435. The summed E-state index contributed by atoms with van der Waals surface area (Å²) in [5, 5.41) is 3.15. The summed E-state index contributed by atoms with van der Waals surface area (Å²) in [5.41, 5.74) is 1.52. The summed E-state index contributed by atoms with van der Waals surface area (Å²) in [6.07, 6.45) is 2.58. The number of rotatable bonds is 8. The van der Waals surface area contributed by atoms with E-state index in [2.05, 4.69) is 12.2 Å². The van der Waals surface area contributed by atoms with Crippen LogP contribution in [0.5, 0.6) is 0 Å². The fourth-order valence-electron chi connectivity index (χ4n) is 3.62. The summed E-state index contributed by atoms with van der Waals surface area (Å²) in [4.78, 5) is 39.0. The second kappa shape index (κ2) is 10.9. The van der Waals surface area contributed by atoms with Gasteiger partial charge in [0.2, 0.25) is 0 Å². The summed E-state index contributed by atoms with van der Waals surface area (Å²) in [5.74, 6) is -0.854. The van der Waals surface area contributed by atoms with Crippen LogP contribution in [0.25, 0.3) is 0 Å². The van der Waals surface area contributed by atoms with Gasteiger partial charge in [-0.15, -0.1) is 11.3 Å². The van der Waals surface area contributed by atoms with Gasteiger partial charge in [-0.1, -0.05) is 26.0 Å². The van der Waals surface area contributed by atoms with Gasteiger partial charge < -0.3 is 14.8 Å². The number of carbonyl (C=O) groups is 3. The Bertz CT molecular complexity index is 1050. The Kier molecular flexibility index (Phi) is 8.20. The van der Waals surface area contributed by atoms with Crippen LogP contribution in [-0.4, -0.2) is 41.0 Å². The SMILES string of the molecule is CCOC(=O)c1c(NC(=O)COC(=O)c2ccccc2S(=O)CC)sc2c1CCC(C)C2. The van der Waals surface area contributed by atoms with Gasteiger partial charge in [-0.3, -0.25) is 9.00 Å². The Hall–Kier alpha value is -2.52. The maximum Gasteiger partial charge on any atom is 0.341 e. The lowest BCUT2D eigenvalue weighted by Crippen LogP contribution is -2.22. The molecule has 0 saturated heterocycles. The lowest BCUT2D eigenvalue weighted by molar-refractivity contribution is -0.119. The van der Waals surface area contributed by atoms with Crippen molar-refractivity contribution in [3.05, 3.63) is 45.8 Å². The van der Waals surface area contributed by atoms with Gasteiger partial charge in [-0.05, 0) is 49.8 Å². The van der Waals surface area contributed by atoms with E-state index in [4.69, 9.17) is 9.47 Å². The topological polar surface area (TPSA) is 98.8 Å². The molecular formula is C23H27NO6S2. The van der Waals surface area contributed by atoms with E-state index in [0.29, 0.717) is 27.1 Å². The second-order valence-electron chi connectivity index (χ2n) is 7.53. The molecule has 0 saturated carbocycles. The van der Waals surface area contributed by atoms with Crippen molar-refractivity contribution in [3.63, 3.8) is 0 Å². The highest BCUT2D eigenvalue weighted by Crippen LogP contribution is 2.40. The van der Waals surface area contributed by atoms with Gasteiger partial charge in [-0.25, -0.2) is 9.59 Å². The first-order valence-corrected chi connectivity index (χ1v) is 12.7. The van der Waals surface area contributed by atoms with Crippen LogP contribution in [0.15, 0.2) is 29.2 Å². The van der Waals surface area contributed by atoms with Gasteiger partial charge in [0.25, 0.3) is 5.91 Å². The van der Waals surface area contributed by atoms with E-state index in [1.807, 2.05) is 0 Å². The van der Waals surface area contributed by atoms with E-state index in [0.717, 1.165) is 29.7 Å². The first kappa shape index (κ1) is 24.1. The van der Waals surface area contributed by atoms with Crippen molar-refractivity contribution in [3.8, 4) is 0 Å². The zero-order valence-electron chi connectivity index (χ0n) is 18.4. The molecule has 1 aromatic heterocycles.